The monoisotopic (exact) mass is 440 g/mol. The first-order valence-electron chi connectivity index (χ1n) is 10.9. The molecule has 5 heteroatoms. The van der Waals surface area contributed by atoms with Crippen LogP contribution in [0.25, 0.3) is 5.57 Å². The zero-order chi connectivity index (χ0) is 23.8. The minimum absolute atomic E-state index is 0.0262. The molecule has 33 heavy (non-hydrogen) atoms. The molecule has 0 spiro atoms. The maximum absolute atomic E-state index is 13.6. The van der Waals surface area contributed by atoms with Crippen molar-refractivity contribution in [1.82, 2.24) is 0 Å². The van der Waals surface area contributed by atoms with Gasteiger partial charge in [0.1, 0.15) is 11.4 Å². The third kappa shape index (κ3) is 4.27. The topological polar surface area (TPSA) is 58.6 Å². The van der Waals surface area contributed by atoms with E-state index < -0.39 is 0 Å². The van der Waals surface area contributed by atoms with Gasteiger partial charge in [0, 0.05) is 5.69 Å². The van der Waals surface area contributed by atoms with Crippen molar-refractivity contribution >= 4 is 28.8 Å². The lowest BCUT2D eigenvalue weighted by Crippen LogP contribution is -2.32. The number of aryl methyl sites for hydroxylation is 1. The summed E-state index contributed by atoms with van der Waals surface area (Å²) >= 11 is 0. The molecule has 0 fully saturated rings. The number of carbonyl (C=O) groups is 2. The van der Waals surface area contributed by atoms with E-state index in [0.29, 0.717) is 22.6 Å². The Morgan fingerprint density at radius 2 is 1.45 bits per heavy atom. The Balaban J connectivity index is 1.79. The molecule has 3 aromatic carbocycles. The fraction of sp³-hybridized carbons (Fsp3) is 0.214. The Kier molecular flexibility index (Phi) is 5.81. The highest BCUT2D eigenvalue weighted by Crippen LogP contribution is 2.35. The number of methoxy groups -OCH3 is 1. The second-order valence-electron chi connectivity index (χ2n) is 9.16. The van der Waals surface area contributed by atoms with Crippen molar-refractivity contribution in [2.75, 3.05) is 17.3 Å². The number of hydrogen-bond acceptors (Lipinski definition) is 4. The molecule has 4 rings (SSSR count). The predicted octanol–water partition coefficient (Wildman–Crippen LogP) is 5.70. The first kappa shape index (κ1) is 22.3. The summed E-state index contributed by atoms with van der Waals surface area (Å²) in [6.07, 6.45) is 0. The van der Waals surface area contributed by atoms with Crippen LogP contribution in [-0.2, 0) is 15.0 Å². The molecule has 0 unspecified atom stereocenters. The standard InChI is InChI=1S/C28H28N2O3/c1-18-8-6-7-9-23(18)29-25-24(19-10-16-22(33-5)17-11-19)26(31)30(27(25)32)21-14-12-20(13-15-21)28(2,3)4/h6-17,29H,1-5H3. The average Bonchev–Trinajstić information content (AvgIpc) is 3.04. The van der Waals surface area contributed by atoms with Crippen LogP contribution in [0.1, 0.15) is 37.5 Å². The lowest BCUT2D eigenvalue weighted by Gasteiger charge is -2.21. The number of rotatable bonds is 5. The average molecular weight is 441 g/mol. The summed E-state index contributed by atoms with van der Waals surface area (Å²) in [5, 5.41) is 3.24. The summed E-state index contributed by atoms with van der Waals surface area (Å²) in [6.45, 7) is 8.34. The van der Waals surface area contributed by atoms with Crippen LogP contribution < -0.4 is 15.0 Å². The van der Waals surface area contributed by atoms with Gasteiger partial charge in [-0.05, 0) is 59.4 Å². The summed E-state index contributed by atoms with van der Waals surface area (Å²) in [7, 11) is 1.59. The highest BCUT2D eigenvalue weighted by atomic mass is 16.5. The van der Waals surface area contributed by atoms with E-state index in [2.05, 4.69) is 26.1 Å². The molecule has 1 aliphatic heterocycles. The molecule has 168 valence electrons. The quantitative estimate of drug-likeness (QED) is 0.517. The van der Waals surface area contributed by atoms with Crippen molar-refractivity contribution in [2.45, 2.75) is 33.1 Å². The van der Waals surface area contributed by atoms with Crippen molar-refractivity contribution in [3.63, 3.8) is 0 Å². The van der Waals surface area contributed by atoms with Gasteiger partial charge in [-0.15, -0.1) is 0 Å². The SMILES string of the molecule is COc1ccc(C2=C(Nc3ccccc3C)C(=O)N(c3ccc(C(C)(C)C)cc3)C2=O)cc1. The van der Waals surface area contributed by atoms with Crippen LogP contribution >= 0.6 is 0 Å². The number of benzene rings is 3. The van der Waals surface area contributed by atoms with E-state index in [0.717, 1.165) is 16.8 Å². The minimum atomic E-state index is -0.377. The number of ether oxygens (including phenoxy) is 1. The van der Waals surface area contributed by atoms with Gasteiger partial charge in [0.05, 0.1) is 18.4 Å². The van der Waals surface area contributed by atoms with Crippen LogP contribution in [0.2, 0.25) is 0 Å². The number of nitrogens with zero attached hydrogens (tertiary/aromatic N) is 1. The third-order valence-corrected chi connectivity index (χ3v) is 5.86. The van der Waals surface area contributed by atoms with Crippen molar-refractivity contribution < 1.29 is 14.3 Å². The molecular weight excluding hydrogens is 412 g/mol. The van der Waals surface area contributed by atoms with Crippen molar-refractivity contribution in [3.8, 4) is 5.75 Å². The van der Waals surface area contributed by atoms with Crippen LogP contribution in [0.3, 0.4) is 0 Å². The molecule has 5 nitrogen and oxygen atoms in total. The zero-order valence-corrected chi connectivity index (χ0v) is 19.6. The summed E-state index contributed by atoms with van der Waals surface area (Å²) in [5.74, 6) is -0.0542. The van der Waals surface area contributed by atoms with Crippen LogP contribution in [0, 0.1) is 6.92 Å². The molecular formula is C28H28N2O3. The van der Waals surface area contributed by atoms with Crippen LogP contribution in [0.5, 0.6) is 5.75 Å². The smallest absolute Gasteiger partial charge is 0.282 e. The molecule has 1 heterocycles. The first-order valence-corrected chi connectivity index (χ1v) is 10.9. The van der Waals surface area contributed by atoms with Gasteiger partial charge in [-0.3, -0.25) is 9.59 Å². The molecule has 3 aromatic rings. The van der Waals surface area contributed by atoms with Crippen LogP contribution in [0.15, 0.2) is 78.5 Å². The summed E-state index contributed by atoms with van der Waals surface area (Å²) in [4.78, 5) is 28.4. The number of anilines is 2. The predicted molar refractivity (Wildman–Crippen MR) is 132 cm³/mol. The van der Waals surface area contributed by atoms with E-state index in [1.165, 1.54) is 4.90 Å². The van der Waals surface area contributed by atoms with Crippen molar-refractivity contribution in [2.24, 2.45) is 0 Å². The Bertz CT molecular complexity index is 1230. The van der Waals surface area contributed by atoms with Gasteiger partial charge in [-0.1, -0.05) is 63.2 Å². The molecule has 2 amide bonds. The van der Waals surface area contributed by atoms with Gasteiger partial charge >= 0.3 is 0 Å². The second kappa shape index (κ2) is 8.58. The molecule has 0 radical (unpaired) electrons. The Labute approximate surface area is 194 Å². The molecule has 1 aliphatic rings. The van der Waals surface area contributed by atoms with Gasteiger partial charge in [0.25, 0.3) is 11.8 Å². The van der Waals surface area contributed by atoms with Crippen LogP contribution in [-0.4, -0.2) is 18.9 Å². The summed E-state index contributed by atoms with van der Waals surface area (Å²) in [5.41, 5.74) is 4.67. The lowest BCUT2D eigenvalue weighted by molar-refractivity contribution is -0.120. The van der Waals surface area contributed by atoms with E-state index in [1.807, 2.05) is 55.5 Å². The molecule has 1 N–H and O–H groups in total. The van der Waals surface area contributed by atoms with Gasteiger partial charge in [0.15, 0.2) is 0 Å². The number of imide groups is 1. The fourth-order valence-corrected chi connectivity index (χ4v) is 3.86. The van der Waals surface area contributed by atoms with Crippen molar-refractivity contribution in [3.05, 3.63) is 95.2 Å². The normalized spacial score (nSPS) is 14.2. The van der Waals surface area contributed by atoms with E-state index >= 15 is 0 Å². The first-order chi connectivity index (χ1) is 15.7. The molecule has 0 bridgehead atoms. The third-order valence-electron chi connectivity index (χ3n) is 5.86. The van der Waals surface area contributed by atoms with Crippen molar-refractivity contribution in [1.29, 1.82) is 0 Å². The minimum Gasteiger partial charge on any atom is -0.497 e. The number of hydrogen-bond donors (Lipinski definition) is 1. The zero-order valence-electron chi connectivity index (χ0n) is 19.6. The molecule has 0 atom stereocenters. The lowest BCUT2D eigenvalue weighted by atomic mass is 9.87. The van der Waals surface area contributed by atoms with E-state index in [-0.39, 0.29) is 22.9 Å². The Morgan fingerprint density at radius 1 is 0.818 bits per heavy atom. The molecule has 0 aliphatic carbocycles. The number of nitrogens with one attached hydrogen (secondary N) is 1. The second-order valence-corrected chi connectivity index (χ2v) is 9.16. The van der Waals surface area contributed by atoms with E-state index in [4.69, 9.17) is 4.74 Å². The molecule has 0 saturated heterocycles. The maximum Gasteiger partial charge on any atom is 0.282 e. The number of amides is 2. The van der Waals surface area contributed by atoms with Gasteiger partial charge in [0.2, 0.25) is 0 Å². The summed E-state index contributed by atoms with van der Waals surface area (Å²) in [6, 6.07) is 22.4. The van der Waals surface area contributed by atoms with Crippen LogP contribution in [0.4, 0.5) is 11.4 Å². The Hall–Kier alpha value is -3.86. The fourth-order valence-electron chi connectivity index (χ4n) is 3.86. The number of para-hydroxylation sites is 1. The largest absolute Gasteiger partial charge is 0.497 e. The highest BCUT2D eigenvalue weighted by Gasteiger charge is 2.40. The van der Waals surface area contributed by atoms with Gasteiger partial charge < -0.3 is 10.1 Å². The molecule has 0 saturated carbocycles. The van der Waals surface area contributed by atoms with Gasteiger partial charge in [-0.25, -0.2) is 4.90 Å². The van der Waals surface area contributed by atoms with E-state index in [9.17, 15) is 9.59 Å². The molecule has 0 aromatic heterocycles. The highest BCUT2D eigenvalue weighted by molar-refractivity contribution is 6.46. The Morgan fingerprint density at radius 3 is 2.03 bits per heavy atom. The number of carbonyl (C=O) groups excluding carboxylic acids is 2. The summed E-state index contributed by atoms with van der Waals surface area (Å²) < 4.78 is 5.25. The maximum atomic E-state index is 13.6. The van der Waals surface area contributed by atoms with Gasteiger partial charge in [-0.2, -0.15) is 0 Å². The van der Waals surface area contributed by atoms with E-state index in [1.54, 1.807) is 31.4 Å².